The molecule has 1 unspecified atom stereocenters. The fourth-order valence-electron chi connectivity index (χ4n) is 4.55. The lowest BCUT2D eigenvalue weighted by Crippen LogP contribution is -2.32. The number of anilines is 1. The van der Waals surface area contributed by atoms with Gasteiger partial charge in [-0.2, -0.15) is 13.2 Å². The topological polar surface area (TPSA) is 92.6 Å². The van der Waals surface area contributed by atoms with Gasteiger partial charge in [0.15, 0.2) is 5.82 Å². The molecule has 0 bridgehead atoms. The molecular weight excluding hydrogens is 566 g/mol. The van der Waals surface area contributed by atoms with Gasteiger partial charge in [-0.1, -0.05) is 54.6 Å². The van der Waals surface area contributed by atoms with Crippen LogP contribution in [0, 0.1) is 12.7 Å². The van der Waals surface area contributed by atoms with Crippen molar-refractivity contribution >= 4 is 17.7 Å². The molecule has 0 fully saturated rings. The Hall–Kier alpha value is -4.64. The molecule has 0 saturated carbocycles. The minimum absolute atomic E-state index is 0.0124. The van der Waals surface area contributed by atoms with Crippen LogP contribution in [-0.4, -0.2) is 27.3 Å². The first kappa shape index (κ1) is 31.3. The average Bonchev–Trinajstić information content (AvgIpc) is 3.30. The predicted octanol–water partition coefficient (Wildman–Crippen LogP) is 7.30. The van der Waals surface area contributed by atoms with E-state index in [9.17, 15) is 27.9 Å². The van der Waals surface area contributed by atoms with Gasteiger partial charge in [-0.15, -0.1) is 0 Å². The van der Waals surface area contributed by atoms with Crippen LogP contribution in [0.25, 0.3) is 5.69 Å². The van der Waals surface area contributed by atoms with E-state index in [4.69, 9.17) is 4.74 Å². The van der Waals surface area contributed by atoms with Gasteiger partial charge in [0.1, 0.15) is 17.4 Å². The number of nitrogens with one attached hydrogen (secondary N) is 2. The number of aromatic nitrogens is 1. The highest BCUT2D eigenvalue weighted by Gasteiger charge is 2.37. The highest BCUT2D eigenvalue weighted by molar-refractivity contribution is 6.04. The van der Waals surface area contributed by atoms with Crippen molar-refractivity contribution in [2.75, 3.05) is 5.32 Å². The number of aliphatic hydroxyl groups is 1. The van der Waals surface area contributed by atoms with Crippen LogP contribution in [0.15, 0.2) is 78.9 Å². The third-order valence-electron chi connectivity index (χ3n) is 6.48. The van der Waals surface area contributed by atoms with Crippen molar-refractivity contribution in [1.82, 2.24) is 9.88 Å². The molecule has 0 radical (unpaired) electrons. The van der Waals surface area contributed by atoms with Crippen LogP contribution >= 0.6 is 0 Å². The number of rotatable bonds is 7. The number of halogens is 4. The Bertz CT molecular complexity index is 1630. The number of aliphatic hydroxyl groups excluding tert-OH is 1. The van der Waals surface area contributed by atoms with Crippen molar-refractivity contribution in [3.05, 3.63) is 118 Å². The Balaban J connectivity index is 1.67. The lowest BCUT2D eigenvalue weighted by atomic mass is 10.0. The fourth-order valence-corrected chi connectivity index (χ4v) is 4.55. The number of carbonyl (C=O) groups excluding carboxylic acids is 2. The third-order valence-corrected chi connectivity index (χ3v) is 6.48. The maximum absolute atomic E-state index is 15.5. The fraction of sp³-hybridized carbons (Fsp3) is 0.250. The smallest absolute Gasteiger partial charge is 0.418 e. The molecule has 226 valence electrons. The Kier molecular flexibility index (Phi) is 8.96. The van der Waals surface area contributed by atoms with E-state index in [0.29, 0.717) is 17.2 Å². The summed E-state index contributed by atoms with van der Waals surface area (Å²) in [4.78, 5) is 25.5. The van der Waals surface area contributed by atoms with Gasteiger partial charge >= 0.3 is 12.3 Å². The van der Waals surface area contributed by atoms with E-state index in [1.807, 2.05) is 0 Å². The summed E-state index contributed by atoms with van der Waals surface area (Å²) in [6.07, 6.45) is -6.78. The monoisotopic (exact) mass is 597 g/mol. The molecule has 43 heavy (non-hydrogen) atoms. The normalized spacial score (nSPS) is 12.5. The van der Waals surface area contributed by atoms with Gasteiger partial charge in [0, 0.05) is 23.5 Å². The van der Waals surface area contributed by atoms with E-state index in [0.717, 1.165) is 4.57 Å². The Morgan fingerprint density at radius 3 is 2.28 bits per heavy atom. The quantitative estimate of drug-likeness (QED) is 0.195. The molecule has 4 aromatic rings. The highest BCUT2D eigenvalue weighted by Crippen LogP contribution is 2.36. The van der Waals surface area contributed by atoms with Crippen molar-refractivity contribution < 1.29 is 37.0 Å². The summed E-state index contributed by atoms with van der Waals surface area (Å²) >= 11 is 0. The SMILES string of the molecule is Cc1c(C(F)(F)F)cc(C(=O)Nc2cccc(C(O)c3ccccc3)c2F)n1-c1cccc(CNC(=O)OC(C)(C)C)c1. The average molecular weight is 598 g/mol. The molecule has 3 aromatic carbocycles. The molecular formula is C32H31F4N3O4. The summed E-state index contributed by atoms with van der Waals surface area (Å²) in [5, 5.41) is 15.7. The van der Waals surface area contributed by atoms with Gasteiger partial charge in [-0.25, -0.2) is 9.18 Å². The van der Waals surface area contributed by atoms with Crippen LogP contribution in [0.3, 0.4) is 0 Å². The Morgan fingerprint density at radius 1 is 0.953 bits per heavy atom. The number of hydrogen-bond donors (Lipinski definition) is 3. The summed E-state index contributed by atoms with van der Waals surface area (Å²) in [5.74, 6) is -1.92. The van der Waals surface area contributed by atoms with E-state index in [-0.39, 0.29) is 29.2 Å². The van der Waals surface area contributed by atoms with Gasteiger partial charge < -0.3 is 25.0 Å². The van der Waals surface area contributed by atoms with Crippen LogP contribution in [0.2, 0.25) is 0 Å². The zero-order valence-electron chi connectivity index (χ0n) is 23.9. The zero-order valence-corrected chi connectivity index (χ0v) is 23.9. The number of hydrogen-bond acceptors (Lipinski definition) is 4. The molecule has 0 aliphatic carbocycles. The van der Waals surface area contributed by atoms with Crippen molar-refractivity contribution in [3.63, 3.8) is 0 Å². The molecule has 3 N–H and O–H groups in total. The first-order chi connectivity index (χ1) is 20.2. The van der Waals surface area contributed by atoms with Crippen LogP contribution in [0.1, 0.15) is 65.3 Å². The first-order valence-corrected chi connectivity index (χ1v) is 13.3. The molecule has 0 spiro atoms. The molecule has 0 aliphatic rings. The minimum atomic E-state index is -4.77. The lowest BCUT2D eigenvalue weighted by Gasteiger charge is -2.20. The number of amides is 2. The third kappa shape index (κ3) is 7.42. The maximum atomic E-state index is 15.5. The predicted molar refractivity (Wildman–Crippen MR) is 153 cm³/mol. The summed E-state index contributed by atoms with van der Waals surface area (Å²) < 4.78 is 63.7. The number of alkyl carbamates (subject to hydrolysis) is 1. The number of nitrogens with zero attached hydrogens (tertiary/aromatic N) is 1. The van der Waals surface area contributed by atoms with Gasteiger partial charge in [0.05, 0.1) is 11.3 Å². The molecule has 0 aliphatic heterocycles. The van der Waals surface area contributed by atoms with Crippen molar-refractivity contribution in [2.24, 2.45) is 0 Å². The van der Waals surface area contributed by atoms with Crippen molar-refractivity contribution in [1.29, 1.82) is 0 Å². The maximum Gasteiger partial charge on any atom is 0.418 e. The summed E-state index contributed by atoms with van der Waals surface area (Å²) in [5.41, 5.74) is -1.67. The van der Waals surface area contributed by atoms with Gasteiger partial charge in [0.25, 0.3) is 5.91 Å². The molecule has 2 amide bonds. The van der Waals surface area contributed by atoms with Crippen LogP contribution < -0.4 is 10.6 Å². The molecule has 0 saturated heterocycles. The summed E-state index contributed by atoms with van der Waals surface area (Å²) in [6, 6.07) is 19.3. The molecule has 1 atom stereocenters. The molecule has 7 nitrogen and oxygen atoms in total. The minimum Gasteiger partial charge on any atom is -0.444 e. The molecule has 1 heterocycles. The largest absolute Gasteiger partial charge is 0.444 e. The van der Waals surface area contributed by atoms with Gasteiger partial charge in [0.2, 0.25) is 0 Å². The van der Waals surface area contributed by atoms with Crippen LogP contribution in [-0.2, 0) is 17.5 Å². The second-order valence-corrected chi connectivity index (χ2v) is 10.9. The number of ether oxygens (including phenoxy) is 1. The van der Waals surface area contributed by atoms with Gasteiger partial charge in [-0.05, 0) is 63.1 Å². The Labute approximate surface area is 246 Å². The zero-order chi connectivity index (χ0) is 31.5. The lowest BCUT2D eigenvalue weighted by molar-refractivity contribution is -0.138. The van der Waals surface area contributed by atoms with E-state index in [2.05, 4.69) is 10.6 Å². The second kappa shape index (κ2) is 12.3. The van der Waals surface area contributed by atoms with Crippen molar-refractivity contribution in [3.8, 4) is 5.69 Å². The molecule has 4 rings (SSSR count). The second-order valence-electron chi connectivity index (χ2n) is 10.9. The van der Waals surface area contributed by atoms with E-state index in [1.165, 1.54) is 37.3 Å². The number of alkyl halides is 3. The number of benzene rings is 3. The highest BCUT2D eigenvalue weighted by atomic mass is 19.4. The van der Waals surface area contributed by atoms with E-state index in [1.54, 1.807) is 63.2 Å². The van der Waals surface area contributed by atoms with E-state index < -0.39 is 47.0 Å². The molecule has 11 heteroatoms. The molecule has 1 aromatic heterocycles. The van der Waals surface area contributed by atoms with Crippen LogP contribution in [0.4, 0.5) is 28.0 Å². The van der Waals surface area contributed by atoms with E-state index >= 15 is 4.39 Å². The summed E-state index contributed by atoms with van der Waals surface area (Å²) in [7, 11) is 0. The van der Waals surface area contributed by atoms with Crippen LogP contribution in [0.5, 0.6) is 0 Å². The first-order valence-electron chi connectivity index (χ1n) is 13.3. The standard InChI is InChI=1S/C32H31F4N3O4/c1-19-24(32(34,35)36)17-26(39(19)22-13-8-10-20(16-22)18-37-30(42)43-31(2,3)4)29(41)38-25-15-9-14-23(27(25)33)28(40)21-11-6-5-7-12-21/h5-17,28,40H,18H2,1-4H3,(H,37,42)(H,38,41). The Morgan fingerprint density at radius 2 is 1.63 bits per heavy atom. The van der Waals surface area contributed by atoms with Crippen molar-refractivity contribution in [2.45, 2.75) is 52.1 Å². The number of carbonyl (C=O) groups is 2. The summed E-state index contributed by atoms with van der Waals surface area (Å²) in [6.45, 7) is 6.36. The van der Waals surface area contributed by atoms with Gasteiger partial charge in [-0.3, -0.25) is 4.79 Å².